The molecule has 0 spiro atoms. The molecule has 2 rings (SSSR count). The topological polar surface area (TPSA) is 847 Å². The van der Waals surface area contributed by atoms with E-state index in [2.05, 4.69) is 53.2 Å². The van der Waals surface area contributed by atoms with Crippen LogP contribution in [0.15, 0.2) is 30.3 Å². The number of primary amides is 7. The predicted octanol–water partition coefficient (Wildman–Crippen LogP) is -12.1. The zero-order valence-electron chi connectivity index (χ0n) is 68.0. The Hall–Kier alpha value is -13.1. The van der Waals surface area contributed by atoms with Gasteiger partial charge in [-0.25, -0.2) is 4.79 Å². The average molecular weight is 1730 g/mol. The average Bonchev–Trinajstić information content (AvgIpc) is 1.56. The Bertz CT molecular complexity index is 3930. The van der Waals surface area contributed by atoms with Crippen molar-refractivity contribution in [2.24, 2.45) is 63.4 Å². The molecule has 0 aromatic heterocycles. The van der Waals surface area contributed by atoms with Gasteiger partial charge in [0.1, 0.15) is 78.5 Å². The molecular formula is C73H115N23O26. The molecule has 1 saturated heterocycles. The number of aliphatic carboxylic acids is 2. The molecule has 15 atom stereocenters. The highest BCUT2D eigenvalue weighted by Crippen LogP contribution is 2.22. The molecule has 49 nitrogen and oxygen atoms in total. The van der Waals surface area contributed by atoms with Crippen LogP contribution in [-0.4, -0.2) is 267 Å². The zero-order chi connectivity index (χ0) is 92.4. The molecule has 0 unspecified atom stereocenters. The molecule has 21 amide bonds. The van der Waals surface area contributed by atoms with Crippen LogP contribution in [0.25, 0.3) is 0 Å². The van der Waals surface area contributed by atoms with Crippen molar-refractivity contribution in [2.45, 2.75) is 241 Å². The lowest BCUT2D eigenvalue weighted by Gasteiger charge is -2.30. The smallest absolute Gasteiger partial charge is 0.326 e. The SMILES string of the molecule is CC[C@H](C)[C@H](NC(=O)[C@H](CCC(N)=O)NC(=O)[C@H](Cc1ccccc1)NC(=O)[C@H](CCC(N)=O)NC(=O)[C@H](CCC(N)=O)NC(=O)[C@H](CC(N)=O)NC(=O)[C@@H](N)CCC(N)=O)C(=O)N[C@@H](CC(N)=O)C(=O)N[C@@H](CO)C(=O)N[C@@H](CC(N)=O)C(=O)N[C@@H](CC(=O)O)C(=O)NCC(=O)N[C@@H](CCCCN)C(=O)N1CCC[C@H]1C(=O)N[C@@H](CC(C)C)C(=O)O. The second kappa shape index (κ2) is 53.4. The van der Waals surface area contributed by atoms with Crippen molar-refractivity contribution in [1.82, 2.24) is 74.0 Å². The lowest BCUT2D eigenvalue weighted by molar-refractivity contribution is -0.145. The highest BCUT2D eigenvalue weighted by atomic mass is 16.4. The molecule has 122 heavy (non-hydrogen) atoms. The summed E-state index contributed by atoms with van der Waals surface area (Å²) in [6.07, 6.45) is -8.03. The number of benzene rings is 1. The first-order valence-corrected chi connectivity index (χ1v) is 39.0. The van der Waals surface area contributed by atoms with Gasteiger partial charge in [-0.15, -0.1) is 0 Å². The summed E-state index contributed by atoms with van der Waals surface area (Å²) in [6.45, 7) is 4.32. The first-order valence-electron chi connectivity index (χ1n) is 39.0. The lowest BCUT2D eigenvalue weighted by atomic mass is 9.96. The standard InChI is InChI=1S/C73H115N23O26/c1-5-35(4)59(95-64(112)40(19-23-53(79)101)87-65(113)42(27-36-12-7-6-8-13-36)89-63(111)39(18-22-52(78)100)85-62(110)38(17-21-51(77)99)86-66(114)43(28-54(80)102)88-60(108)37(75)16-20-50(76)98)71(119)92-45(30-56(82)104)68(116)94-48(33-97)69(117)90-44(29-55(81)103)67(115)91-46(31-58(106)107)61(109)83-32-57(105)84-41(14-9-10-24-74)72(120)96-25-11-15-49(96)70(118)93-47(73(121)122)26-34(2)3/h6-8,12-13,34-35,37-49,59,97H,5,9-11,14-33,74-75H2,1-4H3,(H2,76,98)(H2,77,99)(H2,78,100)(H2,79,101)(H2,80,102)(H2,81,103)(H2,82,104)(H,83,109)(H,84,105)(H,85,110)(H,86,114)(H,87,113)(H,88,108)(H,89,111)(H,90,117)(H,91,115)(H,92,119)(H,93,118)(H,94,116)(H,95,112)(H,106,107)(H,121,122)/t35-,37-,38-,39-,40-,41-,42-,43-,44-,45-,46-,47-,48-,49-,59-/m0/s1. The van der Waals surface area contributed by atoms with E-state index in [4.69, 9.17) is 51.6 Å². The van der Waals surface area contributed by atoms with Crippen molar-refractivity contribution < 1.29 is 126 Å². The number of rotatable bonds is 59. The molecule has 1 heterocycles. The minimum Gasteiger partial charge on any atom is -0.481 e. The molecule has 1 aliphatic rings. The molecule has 1 aliphatic heterocycles. The van der Waals surface area contributed by atoms with Gasteiger partial charge in [-0.1, -0.05) is 64.4 Å². The second-order valence-electron chi connectivity index (χ2n) is 29.4. The minimum atomic E-state index is -2.19. The Labute approximate surface area is 699 Å². The molecule has 1 aromatic rings. The maximum Gasteiger partial charge on any atom is 0.326 e. The Balaban J connectivity index is 2.49. The lowest BCUT2D eigenvalue weighted by Crippen LogP contribution is -2.62. The summed E-state index contributed by atoms with van der Waals surface area (Å²) in [5.41, 5.74) is 49.4. The van der Waals surface area contributed by atoms with Crippen molar-refractivity contribution in [3.05, 3.63) is 35.9 Å². The van der Waals surface area contributed by atoms with E-state index in [9.17, 15) is 126 Å². The number of aliphatic hydroxyl groups excluding tert-OH is 1. The van der Waals surface area contributed by atoms with E-state index in [0.717, 1.165) is 0 Å². The summed E-state index contributed by atoms with van der Waals surface area (Å²) in [6, 6.07) is -17.1. The summed E-state index contributed by atoms with van der Waals surface area (Å²) >= 11 is 0. The fourth-order valence-corrected chi connectivity index (χ4v) is 12.1. The molecule has 0 aliphatic carbocycles. The van der Waals surface area contributed by atoms with Crippen LogP contribution in [0.1, 0.15) is 155 Å². The number of hydrogen-bond donors (Lipinski definition) is 25. The fraction of sp³-hybridized carbons (Fsp3) is 0.603. The second-order valence-corrected chi connectivity index (χ2v) is 29.4. The van der Waals surface area contributed by atoms with E-state index in [-0.39, 0.29) is 64.0 Å². The molecule has 0 radical (unpaired) electrons. The number of carboxylic acid groups (broad SMARTS) is 2. The van der Waals surface area contributed by atoms with Crippen molar-refractivity contribution in [3.8, 4) is 0 Å². The first-order chi connectivity index (χ1) is 57.2. The van der Waals surface area contributed by atoms with Gasteiger partial charge in [-0.3, -0.25) is 105 Å². The normalized spacial score (nSPS) is 15.7. The maximum absolute atomic E-state index is 14.7. The molecule has 34 N–H and O–H groups in total. The highest BCUT2D eigenvalue weighted by Gasteiger charge is 2.42. The quantitative estimate of drug-likeness (QED) is 0.0269. The van der Waals surface area contributed by atoms with Crippen molar-refractivity contribution in [3.63, 3.8) is 0 Å². The first kappa shape index (κ1) is 105. The molecule has 1 aromatic carbocycles. The van der Waals surface area contributed by atoms with E-state index in [1.165, 1.54) is 43.0 Å². The van der Waals surface area contributed by atoms with E-state index < -0.39 is 310 Å². The number of nitrogens with one attached hydrogen (secondary N) is 13. The van der Waals surface area contributed by atoms with E-state index in [1.807, 2.05) is 16.0 Å². The maximum atomic E-state index is 14.7. The van der Waals surface area contributed by atoms with Crippen LogP contribution in [0, 0.1) is 11.8 Å². The van der Waals surface area contributed by atoms with Crippen LogP contribution in [0.3, 0.4) is 0 Å². The molecule has 0 bridgehead atoms. The van der Waals surface area contributed by atoms with Gasteiger partial charge in [0.2, 0.25) is 124 Å². The highest BCUT2D eigenvalue weighted by molar-refractivity contribution is 6.03. The number of carbonyl (C=O) groups is 23. The van der Waals surface area contributed by atoms with Crippen molar-refractivity contribution in [1.29, 1.82) is 0 Å². The number of hydrogen-bond acceptors (Lipinski definition) is 26. The Kier molecular flexibility index (Phi) is 46.0. The van der Waals surface area contributed by atoms with E-state index in [1.54, 1.807) is 19.9 Å². The summed E-state index contributed by atoms with van der Waals surface area (Å²) in [5, 5.41) is 59.2. The summed E-state index contributed by atoms with van der Waals surface area (Å²) < 4.78 is 0. The third-order valence-corrected chi connectivity index (χ3v) is 18.8. The number of carboxylic acids is 2. The summed E-state index contributed by atoms with van der Waals surface area (Å²) in [5.74, 6) is -28.7. The van der Waals surface area contributed by atoms with E-state index >= 15 is 0 Å². The van der Waals surface area contributed by atoms with Gasteiger partial charge < -0.3 is 141 Å². The number of nitrogens with zero attached hydrogens (tertiary/aromatic N) is 1. The van der Waals surface area contributed by atoms with Gasteiger partial charge in [0.25, 0.3) is 0 Å². The third kappa shape index (κ3) is 39.2. The zero-order valence-corrected chi connectivity index (χ0v) is 68.0. The van der Waals surface area contributed by atoms with Gasteiger partial charge in [-0.05, 0) is 88.2 Å². The Morgan fingerprint density at radius 1 is 0.434 bits per heavy atom. The number of likely N-dealkylation sites (tertiary alicyclic amines) is 1. The number of aliphatic hydroxyl groups is 1. The number of nitrogens with two attached hydrogens (primary N) is 9. The molecule has 49 heteroatoms. The number of amides is 21. The van der Waals surface area contributed by atoms with Crippen LogP contribution in [0.5, 0.6) is 0 Å². The number of unbranched alkanes of at least 4 members (excludes halogenated alkanes) is 1. The van der Waals surface area contributed by atoms with Crippen molar-refractivity contribution >= 4 is 136 Å². The summed E-state index contributed by atoms with van der Waals surface area (Å²) in [4.78, 5) is 306. The van der Waals surface area contributed by atoms with Crippen LogP contribution < -0.4 is 121 Å². The Morgan fingerprint density at radius 3 is 1.26 bits per heavy atom. The molecule has 1 fully saturated rings. The van der Waals surface area contributed by atoms with E-state index in [0.29, 0.717) is 18.4 Å². The Morgan fingerprint density at radius 2 is 0.836 bits per heavy atom. The van der Waals surface area contributed by atoms with Crippen LogP contribution in [-0.2, 0) is 117 Å². The van der Waals surface area contributed by atoms with Gasteiger partial charge in [0, 0.05) is 38.6 Å². The molecule has 678 valence electrons. The van der Waals surface area contributed by atoms with Gasteiger partial charge in [-0.2, -0.15) is 0 Å². The van der Waals surface area contributed by atoms with Gasteiger partial charge in [0.15, 0.2) is 0 Å². The minimum absolute atomic E-state index is 0.0280. The fourth-order valence-electron chi connectivity index (χ4n) is 12.1. The predicted molar refractivity (Wildman–Crippen MR) is 423 cm³/mol. The van der Waals surface area contributed by atoms with Gasteiger partial charge in [0.05, 0.1) is 44.9 Å². The van der Waals surface area contributed by atoms with Crippen LogP contribution in [0.4, 0.5) is 0 Å². The van der Waals surface area contributed by atoms with Gasteiger partial charge >= 0.3 is 11.9 Å². The van der Waals surface area contributed by atoms with Crippen LogP contribution in [0.2, 0.25) is 0 Å². The summed E-state index contributed by atoms with van der Waals surface area (Å²) in [7, 11) is 0. The third-order valence-electron chi connectivity index (χ3n) is 18.8. The number of carbonyl (C=O) groups excluding carboxylic acids is 21. The van der Waals surface area contributed by atoms with Crippen LogP contribution >= 0.6 is 0 Å². The molecule has 0 saturated carbocycles. The monoisotopic (exact) mass is 1730 g/mol. The molecular weight excluding hydrogens is 1610 g/mol. The van der Waals surface area contributed by atoms with Crippen molar-refractivity contribution in [2.75, 3.05) is 26.2 Å². The largest absolute Gasteiger partial charge is 0.481 e.